The van der Waals surface area contributed by atoms with Gasteiger partial charge in [0.2, 0.25) is 10.0 Å². The number of rotatable bonds is 5. The molecule has 0 radical (unpaired) electrons. The van der Waals surface area contributed by atoms with Gasteiger partial charge in [0.05, 0.1) is 17.0 Å². The van der Waals surface area contributed by atoms with Crippen molar-refractivity contribution in [2.24, 2.45) is 0 Å². The van der Waals surface area contributed by atoms with Crippen LogP contribution in [0.3, 0.4) is 0 Å². The van der Waals surface area contributed by atoms with Crippen molar-refractivity contribution in [1.29, 1.82) is 0 Å². The van der Waals surface area contributed by atoms with Crippen LogP contribution < -0.4 is 9.62 Å². The highest BCUT2D eigenvalue weighted by atomic mass is 32.2. The monoisotopic (exact) mass is 466 g/mol. The van der Waals surface area contributed by atoms with E-state index < -0.39 is 10.0 Å². The van der Waals surface area contributed by atoms with E-state index >= 15 is 0 Å². The number of benzene rings is 4. The van der Waals surface area contributed by atoms with Crippen molar-refractivity contribution < 1.29 is 8.42 Å². The molecule has 0 atom stereocenters. The number of fused-ring (bicyclic) bond motifs is 3. The Hall–Kier alpha value is -3.81. The number of sulfonamides is 1. The first-order chi connectivity index (χ1) is 16.6. The van der Waals surface area contributed by atoms with Crippen LogP contribution in [0.5, 0.6) is 0 Å². The van der Waals surface area contributed by atoms with E-state index in [0.29, 0.717) is 11.2 Å². The Labute approximate surface area is 198 Å². The lowest BCUT2D eigenvalue weighted by Crippen LogP contribution is -2.25. The molecule has 0 aliphatic carbocycles. The zero-order chi connectivity index (χ0) is 23.1. The van der Waals surface area contributed by atoms with E-state index in [0.717, 1.165) is 35.2 Å². The Morgan fingerprint density at radius 1 is 0.735 bits per heavy atom. The van der Waals surface area contributed by atoms with Gasteiger partial charge in [-0.15, -0.1) is 0 Å². The van der Waals surface area contributed by atoms with Gasteiger partial charge in [0.25, 0.3) is 0 Å². The summed E-state index contributed by atoms with van der Waals surface area (Å²) in [6, 6.07) is 29.0. The van der Waals surface area contributed by atoms with Gasteiger partial charge in [-0.25, -0.2) is 23.1 Å². The van der Waals surface area contributed by atoms with Gasteiger partial charge in [-0.05, 0) is 34.7 Å². The quantitative estimate of drug-likeness (QED) is 0.403. The zero-order valence-electron chi connectivity index (χ0n) is 18.3. The van der Waals surface area contributed by atoms with E-state index in [1.807, 2.05) is 66.7 Å². The Morgan fingerprint density at radius 2 is 1.38 bits per heavy atom. The molecule has 5 aromatic rings. The molecule has 7 heteroatoms. The number of para-hydroxylation sites is 1. The van der Waals surface area contributed by atoms with Crippen LogP contribution in [0, 0.1) is 0 Å². The van der Waals surface area contributed by atoms with Crippen molar-refractivity contribution in [2.75, 3.05) is 4.90 Å². The highest BCUT2D eigenvalue weighted by Crippen LogP contribution is 2.31. The molecular formula is C27H22N4O2S. The van der Waals surface area contributed by atoms with Crippen LogP contribution in [0.2, 0.25) is 0 Å². The van der Waals surface area contributed by atoms with Crippen molar-refractivity contribution in [3.8, 4) is 0 Å². The number of nitrogens with one attached hydrogen (secondary N) is 1. The van der Waals surface area contributed by atoms with E-state index in [1.165, 1.54) is 11.1 Å². The maximum Gasteiger partial charge on any atom is 0.241 e. The molecule has 1 aliphatic rings. The van der Waals surface area contributed by atoms with Crippen LogP contribution in [0.1, 0.15) is 17.0 Å². The van der Waals surface area contributed by atoms with Gasteiger partial charge in [0.15, 0.2) is 0 Å². The normalized spacial score (nSPS) is 13.5. The van der Waals surface area contributed by atoms with Crippen LogP contribution in [-0.4, -0.2) is 18.4 Å². The van der Waals surface area contributed by atoms with Crippen LogP contribution in [0.15, 0.2) is 95.9 Å². The van der Waals surface area contributed by atoms with Crippen molar-refractivity contribution in [2.45, 2.75) is 24.5 Å². The lowest BCUT2D eigenvalue weighted by molar-refractivity contribution is 0.580. The van der Waals surface area contributed by atoms with E-state index in [-0.39, 0.29) is 11.4 Å². The fourth-order valence-electron chi connectivity index (χ4n) is 4.58. The maximum absolute atomic E-state index is 13.2. The van der Waals surface area contributed by atoms with Gasteiger partial charge in [-0.3, -0.25) is 0 Å². The largest absolute Gasteiger partial charge is 0.347 e. The molecule has 168 valence electrons. The van der Waals surface area contributed by atoms with Gasteiger partial charge >= 0.3 is 0 Å². The van der Waals surface area contributed by atoms with Crippen LogP contribution in [-0.2, 0) is 29.7 Å². The average Bonchev–Trinajstić information content (AvgIpc) is 3.31. The minimum atomic E-state index is -3.76. The second-order valence-electron chi connectivity index (χ2n) is 8.41. The summed E-state index contributed by atoms with van der Waals surface area (Å²) in [5, 5.41) is 2.52. The maximum atomic E-state index is 13.2. The molecule has 0 bridgehead atoms. The van der Waals surface area contributed by atoms with Crippen LogP contribution in [0.4, 0.5) is 5.82 Å². The molecule has 0 spiro atoms. The summed E-state index contributed by atoms with van der Waals surface area (Å²) in [6.45, 7) is 1.53. The van der Waals surface area contributed by atoms with Crippen molar-refractivity contribution in [3.63, 3.8) is 0 Å². The lowest BCUT2D eigenvalue weighted by Gasteiger charge is -2.19. The number of aromatic nitrogens is 2. The molecule has 0 saturated heterocycles. The van der Waals surface area contributed by atoms with E-state index in [9.17, 15) is 8.42 Å². The predicted octanol–water partition coefficient (Wildman–Crippen LogP) is 4.78. The fraction of sp³-hybridized carbons (Fsp3) is 0.111. The molecule has 0 saturated carbocycles. The third-order valence-corrected chi connectivity index (χ3v) is 7.69. The number of hydrogen-bond donors (Lipinski definition) is 1. The summed E-state index contributed by atoms with van der Waals surface area (Å²) in [6.07, 6.45) is 0. The summed E-state index contributed by atoms with van der Waals surface area (Å²) in [5.74, 6) is 1.26. The van der Waals surface area contributed by atoms with Gasteiger partial charge in [-0.2, -0.15) is 0 Å². The molecule has 1 aliphatic heterocycles. The third-order valence-electron chi connectivity index (χ3n) is 6.23. The van der Waals surface area contributed by atoms with Gasteiger partial charge in [0.1, 0.15) is 11.6 Å². The molecule has 34 heavy (non-hydrogen) atoms. The number of nitrogens with zero attached hydrogens (tertiary/aromatic N) is 3. The first kappa shape index (κ1) is 20.8. The summed E-state index contributed by atoms with van der Waals surface area (Å²) in [5.41, 5.74) is 3.36. The van der Waals surface area contributed by atoms with E-state index in [2.05, 4.69) is 26.7 Å². The minimum absolute atomic E-state index is 0.00414. The molecule has 0 unspecified atom stereocenters. The molecule has 6 nitrogen and oxygen atoms in total. The zero-order valence-corrected chi connectivity index (χ0v) is 19.2. The number of hydrogen-bond acceptors (Lipinski definition) is 5. The molecule has 1 aromatic heterocycles. The fourth-order valence-corrected chi connectivity index (χ4v) is 5.78. The van der Waals surface area contributed by atoms with Gasteiger partial charge in [0, 0.05) is 23.9 Å². The van der Waals surface area contributed by atoms with Gasteiger partial charge < -0.3 is 4.90 Å². The summed E-state index contributed by atoms with van der Waals surface area (Å²) < 4.78 is 29.1. The number of anilines is 1. The first-order valence-electron chi connectivity index (χ1n) is 11.1. The summed E-state index contributed by atoms with van der Waals surface area (Å²) in [7, 11) is -3.76. The summed E-state index contributed by atoms with van der Waals surface area (Å²) in [4.78, 5) is 11.9. The lowest BCUT2D eigenvalue weighted by atomic mass is 10.1. The minimum Gasteiger partial charge on any atom is -0.347 e. The van der Waals surface area contributed by atoms with Crippen molar-refractivity contribution >= 4 is 37.5 Å². The standard InChI is InChI=1S/C27H22N4O2S/c32-34(33,25-15-7-11-19-8-3-4-12-22(19)25)28-16-26-29-24-14-6-5-13-23(24)27(30-26)31-17-20-9-1-2-10-21(20)18-31/h1-15,28H,16-18H2. The molecule has 6 rings (SSSR count). The average molecular weight is 467 g/mol. The Kier molecular flexibility index (Phi) is 5.01. The molecule has 1 N–H and O–H groups in total. The smallest absolute Gasteiger partial charge is 0.241 e. The molecule has 4 aromatic carbocycles. The van der Waals surface area contributed by atoms with E-state index in [1.54, 1.807) is 12.1 Å². The summed E-state index contributed by atoms with van der Waals surface area (Å²) >= 11 is 0. The molecule has 2 heterocycles. The molecular weight excluding hydrogens is 444 g/mol. The Morgan fingerprint density at radius 3 is 2.18 bits per heavy atom. The van der Waals surface area contributed by atoms with E-state index in [4.69, 9.17) is 4.98 Å². The van der Waals surface area contributed by atoms with Crippen molar-refractivity contribution in [1.82, 2.24) is 14.7 Å². The van der Waals surface area contributed by atoms with Crippen molar-refractivity contribution in [3.05, 3.63) is 108 Å². The molecule has 0 amide bonds. The predicted molar refractivity (Wildman–Crippen MR) is 134 cm³/mol. The highest BCUT2D eigenvalue weighted by molar-refractivity contribution is 7.89. The van der Waals surface area contributed by atoms with Gasteiger partial charge in [-0.1, -0.05) is 72.8 Å². The third kappa shape index (κ3) is 3.69. The van der Waals surface area contributed by atoms with Crippen LogP contribution in [0.25, 0.3) is 21.7 Å². The Balaban J connectivity index is 1.34. The Bertz CT molecular complexity index is 1620. The SMILES string of the molecule is O=S(=O)(NCc1nc(N2Cc3ccccc3C2)c2ccccc2n1)c1cccc2ccccc12. The topological polar surface area (TPSA) is 75.2 Å². The molecule has 0 fully saturated rings. The van der Waals surface area contributed by atoms with Crippen LogP contribution >= 0.6 is 0 Å². The second-order valence-corrected chi connectivity index (χ2v) is 10.1. The highest BCUT2D eigenvalue weighted by Gasteiger charge is 2.23. The second kappa shape index (κ2) is 8.20. The first-order valence-corrected chi connectivity index (χ1v) is 12.6.